The van der Waals surface area contributed by atoms with Crippen molar-refractivity contribution in [3.05, 3.63) is 60.2 Å². The Hall–Kier alpha value is -2.12. The zero-order valence-corrected chi connectivity index (χ0v) is 11.6. The fraction of sp³-hybridized carbons (Fsp3) is 0.158. The molecule has 0 heterocycles. The first-order chi connectivity index (χ1) is 9.79. The molecule has 0 bridgehead atoms. The maximum atomic E-state index is 6.29. The van der Waals surface area contributed by atoms with Gasteiger partial charge in [-0.1, -0.05) is 61.5 Å². The highest BCUT2D eigenvalue weighted by molar-refractivity contribution is 6.23. The van der Waals surface area contributed by atoms with Crippen LogP contribution < -0.4 is 5.73 Å². The molecule has 0 aliphatic carbocycles. The SMILES string of the molecule is CCC(N)c1ccc2ccc3cccc4ccc1c2c34. The molecule has 0 saturated heterocycles. The van der Waals surface area contributed by atoms with Gasteiger partial charge >= 0.3 is 0 Å². The largest absolute Gasteiger partial charge is 0.324 e. The Morgan fingerprint density at radius 2 is 1.40 bits per heavy atom. The highest BCUT2D eigenvalue weighted by atomic mass is 14.6. The van der Waals surface area contributed by atoms with Crippen LogP contribution in [0.4, 0.5) is 0 Å². The van der Waals surface area contributed by atoms with Crippen molar-refractivity contribution in [1.82, 2.24) is 0 Å². The quantitative estimate of drug-likeness (QED) is 0.504. The molecule has 1 atom stereocenters. The molecule has 4 aromatic rings. The van der Waals surface area contributed by atoms with Gasteiger partial charge in [0.1, 0.15) is 0 Å². The summed E-state index contributed by atoms with van der Waals surface area (Å²) >= 11 is 0. The van der Waals surface area contributed by atoms with E-state index in [2.05, 4.69) is 61.5 Å². The lowest BCUT2D eigenvalue weighted by atomic mass is 9.89. The van der Waals surface area contributed by atoms with Gasteiger partial charge in [-0.2, -0.15) is 0 Å². The summed E-state index contributed by atoms with van der Waals surface area (Å²) in [5.74, 6) is 0. The standard InChI is InChI=1S/C19H17N/c1-2-17(20)15-10-8-14-7-6-12-4-3-5-13-9-11-16(15)19(14)18(12)13/h3-11,17H,2,20H2,1H3. The van der Waals surface area contributed by atoms with Gasteiger partial charge in [-0.15, -0.1) is 0 Å². The summed E-state index contributed by atoms with van der Waals surface area (Å²) in [6.45, 7) is 2.14. The number of benzene rings is 4. The van der Waals surface area contributed by atoms with Crippen molar-refractivity contribution < 1.29 is 0 Å². The molecular formula is C19H17N. The summed E-state index contributed by atoms with van der Waals surface area (Å²) in [5.41, 5.74) is 7.55. The molecule has 1 nitrogen and oxygen atoms in total. The van der Waals surface area contributed by atoms with Crippen molar-refractivity contribution in [2.45, 2.75) is 19.4 Å². The van der Waals surface area contributed by atoms with Gasteiger partial charge in [-0.05, 0) is 44.3 Å². The summed E-state index contributed by atoms with van der Waals surface area (Å²) in [4.78, 5) is 0. The van der Waals surface area contributed by atoms with Crippen LogP contribution in [0.1, 0.15) is 24.9 Å². The molecule has 0 radical (unpaired) electrons. The monoisotopic (exact) mass is 259 g/mol. The third kappa shape index (κ3) is 1.47. The third-order valence-corrected chi connectivity index (χ3v) is 4.40. The Balaban J connectivity index is 2.26. The molecular weight excluding hydrogens is 242 g/mol. The van der Waals surface area contributed by atoms with Crippen LogP contribution in [0.25, 0.3) is 32.3 Å². The summed E-state index contributed by atoms with van der Waals surface area (Å²) in [6.07, 6.45) is 0.962. The van der Waals surface area contributed by atoms with Gasteiger partial charge in [0.15, 0.2) is 0 Å². The van der Waals surface area contributed by atoms with E-state index in [4.69, 9.17) is 5.73 Å². The number of hydrogen-bond acceptors (Lipinski definition) is 1. The second-order valence-electron chi connectivity index (χ2n) is 5.53. The lowest BCUT2D eigenvalue weighted by Crippen LogP contribution is -2.09. The van der Waals surface area contributed by atoms with Crippen LogP contribution in [-0.2, 0) is 0 Å². The molecule has 0 aliphatic rings. The highest BCUT2D eigenvalue weighted by Gasteiger charge is 2.13. The van der Waals surface area contributed by atoms with E-state index >= 15 is 0 Å². The Morgan fingerprint density at radius 1 is 0.800 bits per heavy atom. The molecule has 0 aromatic heterocycles. The van der Waals surface area contributed by atoms with Gasteiger partial charge in [0.25, 0.3) is 0 Å². The van der Waals surface area contributed by atoms with E-state index in [1.54, 1.807) is 0 Å². The molecule has 0 fully saturated rings. The van der Waals surface area contributed by atoms with E-state index in [-0.39, 0.29) is 6.04 Å². The average Bonchev–Trinajstić information content (AvgIpc) is 2.51. The molecule has 20 heavy (non-hydrogen) atoms. The first-order valence-corrected chi connectivity index (χ1v) is 7.21. The molecule has 4 aromatic carbocycles. The van der Waals surface area contributed by atoms with Crippen LogP contribution in [0.3, 0.4) is 0 Å². The summed E-state index contributed by atoms with van der Waals surface area (Å²) < 4.78 is 0. The maximum Gasteiger partial charge on any atom is 0.0298 e. The van der Waals surface area contributed by atoms with Gasteiger partial charge in [-0.3, -0.25) is 0 Å². The first kappa shape index (κ1) is 11.7. The number of rotatable bonds is 2. The number of hydrogen-bond donors (Lipinski definition) is 1. The van der Waals surface area contributed by atoms with Crippen molar-refractivity contribution >= 4 is 32.3 Å². The normalized spacial score (nSPS) is 13.5. The minimum absolute atomic E-state index is 0.111. The molecule has 0 saturated carbocycles. The highest BCUT2D eigenvalue weighted by Crippen LogP contribution is 2.37. The van der Waals surface area contributed by atoms with E-state index < -0.39 is 0 Å². The van der Waals surface area contributed by atoms with Crippen LogP contribution in [0.5, 0.6) is 0 Å². The van der Waals surface area contributed by atoms with Gasteiger partial charge in [-0.25, -0.2) is 0 Å². The molecule has 2 N–H and O–H groups in total. The average molecular weight is 259 g/mol. The maximum absolute atomic E-state index is 6.29. The van der Waals surface area contributed by atoms with Crippen molar-refractivity contribution in [1.29, 1.82) is 0 Å². The number of nitrogens with two attached hydrogens (primary N) is 1. The molecule has 98 valence electrons. The van der Waals surface area contributed by atoms with E-state index in [1.165, 1.54) is 37.9 Å². The Labute approximate surface area is 118 Å². The van der Waals surface area contributed by atoms with E-state index in [9.17, 15) is 0 Å². The fourth-order valence-electron chi connectivity index (χ4n) is 3.30. The second kappa shape index (κ2) is 4.19. The Bertz CT molecular complexity index is 892. The molecule has 0 amide bonds. The van der Waals surface area contributed by atoms with Gasteiger partial charge in [0.05, 0.1) is 0 Å². The fourth-order valence-corrected chi connectivity index (χ4v) is 3.30. The minimum Gasteiger partial charge on any atom is -0.324 e. The summed E-state index contributed by atoms with van der Waals surface area (Å²) in [7, 11) is 0. The zero-order valence-electron chi connectivity index (χ0n) is 11.6. The van der Waals surface area contributed by atoms with Crippen molar-refractivity contribution in [2.75, 3.05) is 0 Å². The van der Waals surface area contributed by atoms with E-state index in [0.29, 0.717) is 0 Å². The smallest absolute Gasteiger partial charge is 0.0298 e. The predicted octanol–water partition coefficient (Wildman–Crippen LogP) is 4.99. The first-order valence-electron chi connectivity index (χ1n) is 7.21. The lowest BCUT2D eigenvalue weighted by Gasteiger charge is -2.17. The van der Waals surface area contributed by atoms with Crippen LogP contribution in [-0.4, -0.2) is 0 Å². The van der Waals surface area contributed by atoms with Crippen LogP contribution >= 0.6 is 0 Å². The molecule has 0 aliphatic heterocycles. The van der Waals surface area contributed by atoms with E-state index in [0.717, 1.165) is 6.42 Å². The Kier molecular flexibility index (Phi) is 2.45. The van der Waals surface area contributed by atoms with Gasteiger partial charge < -0.3 is 5.73 Å². The molecule has 1 heteroatoms. The summed E-state index contributed by atoms with van der Waals surface area (Å²) in [5, 5.41) is 7.96. The summed E-state index contributed by atoms with van der Waals surface area (Å²) in [6, 6.07) is 19.9. The van der Waals surface area contributed by atoms with Crippen LogP contribution in [0.2, 0.25) is 0 Å². The topological polar surface area (TPSA) is 26.0 Å². The van der Waals surface area contributed by atoms with Crippen LogP contribution in [0, 0.1) is 0 Å². The lowest BCUT2D eigenvalue weighted by molar-refractivity contribution is 0.704. The molecule has 1 unspecified atom stereocenters. The minimum atomic E-state index is 0.111. The van der Waals surface area contributed by atoms with E-state index in [1.807, 2.05) is 0 Å². The van der Waals surface area contributed by atoms with Crippen molar-refractivity contribution in [2.24, 2.45) is 5.73 Å². The van der Waals surface area contributed by atoms with Crippen molar-refractivity contribution in [3.63, 3.8) is 0 Å². The molecule has 0 spiro atoms. The van der Waals surface area contributed by atoms with Crippen molar-refractivity contribution in [3.8, 4) is 0 Å². The zero-order chi connectivity index (χ0) is 13.7. The predicted molar refractivity (Wildman–Crippen MR) is 87.4 cm³/mol. The van der Waals surface area contributed by atoms with Gasteiger partial charge in [0.2, 0.25) is 0 Å². The van der Waals surface area contributed by atoms with Gasteiger partial charge in [0, 0.05) is 6.04 Å². The van der Waals surface area contributed by atoms with Crippen LogP contribution in [0.15, 0.2) is 54.6 Å². The molecule has 4 rings (SSSR count). The third-order valence-electron chi connectivity index (χ3n) is 4.40. The Morgan fingerprint density at radius 3 is 2.10 bits per heavy atom. The second-order valence-corrected chi connectivity index (χ2v) is 5.53.